The predicted octanol–water partition coefficient (Wildman–Crippen LogP) is 2.76. The lowest BCUT2D eigenvalue weighted by atomic mass is 10.1. The number of carbonyl (C=O) groups is 1. The van der Waals surface area contributed by atoms with Crippen LogP contribution < -0.4 is 10.0 Å². The number of sulfonamides is 1. The SMILES string of the molecule is CCC1=C(c2ccc(C)cc2)S(=O)(=O)NC1=NCC(=O)NCc1ccccc1. The molecule has 2 aromatic rings. The van der Waals surface area contributed by atoms with Crippen LogP contribution in [0.4, 0.5) is 0 Å². The maximum absolute atomic E-state index is 12.6. The van der Waals surface area contributed by atoms with Gasteiger partial charge < -0.3 is 5.32 Å². The molecule has 0 saturated heterocycles. The molecular weight excluding hydrogens is 374 g/mol. The fourth-order valence-electron chi connectivity index (χ4n) is 3.00. The van der Waals surface area contributed by atoms with Gasteiger partial charge in [-0.05, 0) is 24.5 Å². The van der Waals surface area contributed by atoms with Crippen LogP contribution in [-0.4, -0.2) is 26.7 Å². The zero-order chi connectivity index (χ0) is 20.1. The first kappa shape index (κ1) is 19.8. The van der Waals surface area contributed by atoms with Crippen molar-refractivity contribution >= 4 is 26.7 Å². The van der Waals surface area contributed by atoms with Crippen LogP contribution in [0.3, 0.4) is 0 Å². The summed E-state index contributed by atoms with van der Waals surface area (Å²) in [6.07, 6.45) is 0.486. The molecule has 7 heteroatoms. The molecule has 0 aliphatic carbocycles. The number of rotatable bonds is 6. The van der Waals surface area contributed by atoms with E-state index in [1.165, 1.54) is 0 Å². The van der Waals surface area contributed by atoms with Crippen molar-refractivity contribution in [3.05, 3.63) is 76.9 Å². The third kappa shape index (κ3) is 4.48. The molecule has 0 unspecified atom stereocenters. The highest BCUT2D eigenvalue weighted by Crippen LogP contribution is 2.31. The van der Waals surface area contributed by atoms with E-state index < -0.39 is 10.0 Å². The van der Waals surface area contributed by atoms with Crippen molar-refractivity contribution in [3.8, 4) is 0 Å². The lowest BCUT2D eigenvalue weighted by Gasteiger charge is -2.05. The zero-order valence-corrected chi connectivity index (χ0v) is 16.7. The van der Waals surface area contributed by atoms with E-state index in [0.29, 0.717) is 24.1 Å². The molecule has 1 amide bonds. The van der Waals surface area contributed by atoms with Crippen LogP contribution in [0, 0.1) is 6.92 Å². The second kappa shape index (κ2) is 8.39. The standard InChI is InChI=1S/C21H23N3O3S/c1-3-18-20(17-11-9-15(2)10-12-17)28(26,27)24-21(18)23-14-19(25)22-13-16-7-5-4-6-8-16/h4-12H,3,13-14H2,1-2H3,(H,22,25)(H,23,24). The Morgan fingerprint density at radius 1 is 1.07 bits per heavy atom. The van der Waals surface area contributed by atoms with E-state index in [4.69, 9.17) is 0 Å². The molecule has 1 heterocycles. The summed E-state index contributed by atoms with van der Waals surface area (Å²) in [7, 11) is -3.70. The number of nitrogens with one attached hydrogen (secondary N) is 2. The van der Waals surface area contributed by atoms with Crippen LogP contribution in [0.2, 0.25) is 0 Å². The van der Waals surface area contributed by atoms with Gasteiger partial charge in [-0.3, -0.25) is 14.5 Å². The van der Waals surface area contributed by atoms with Crippen molar-refractivity contribution in [3.63, 3.8) is 0 Å². The molecular formula is C21H23N3O3S. The second-order valence-electron chi connectivity index (χ2n) is 6.56. The topological polar surface area (TPSA) is 87.6 Å². The van der Waals surface area contributed by atoms with Crippen LogP contribution in [0.15, 0.2) is 65.2 Å². The average Bonchev–Trinajstić information content (AvgIpc) is 2.96. The van der Waals surface area contributed by atoms with Crippen LogP contribution in [0.25, 0.3) is 4.91 Å². The van der Waals surface area contributed by atoms with Crippen molar-refractivity contribution in [1.82, 2.24) is 10.0 Å². The Kier molecular flexibility index (Phi) is 5.94. The first-order chi connectivity index (χ1) is 13.4. The minimum Gasteiger partial charge on any atom is -0.350 e. The molecule has 3 rings (SSSR count). The summed E-state index contributed by atoms with van der Waals surface area (Å²) in [6, 6.07) is 16.9. The van der Waals surface area contributed by atoms with Crippen molar-refractivity contribution < 1.29 is 13.2 Å². The molecule has 2 N–H and O–H groups in total. The fraction of sp³-hybridized carbons (Fsp3) is 0.238. The Morgan fingerprint density at radius 2 is 1.75 bits per heavy atom. The number of hydrogen-bond acceptors (Lipinski definition) is 4. The summed E-state index contributed by atoms with van der Waals surface area (Å²) in [5, 5.41) is 2.79. The van der Waals surface area contributed by atoms with E-state index in [-0.39, 0.29) is 23.2 Å². The highest BCUT2D eigenvalue weighted by atomic mass is 32.2. The van der Waals surface area contributed by atoms with E-state index in [0.717, 1.165) is 11.1 Å². The van der Waals surface area contributed by atoms with Gasteiger partial charge in [0.25, 0.3) is 10.0 Å². The average molecular weight is 398 g/mol. The third-order valence-electron chi connectivity index (χ3n) is 4.44. The lowest BCUT2D eigenvalue weighted by molar-refractivity contribution is -0.119. The quantitative estimate of drug-likeness (QED) is 0.786. The first-order valence-corrected chi connectivity index (χ1v) is 10.6. The molecule has 146 valence electrons. The van der Waals surface area contributed by atoms with Gasteiger partial charge in [0.1, 0.15) is 17.3 Å². The number of amidine groups is 1. The van der Waals surface area contributed by atoms with E-state index in [1.807, 2.05) is 56.3 Å². The summed E-state index contributed by atoms with van der Waals surface area (Å²) in [5.74, 6) is -0.0253. The van der Waals surface area contributed by atoms with Crippen LogP contribution in [-0.2, 0) is 21.4 Å². The molecule has 1 aliphatic rings. The van der Waals surface area contributed by atoms with E-state index in [2.05, 4.69) is 15.0 Å². The number of carbonyl (C=O) groups excluding carboxylic acids is 1. The zero-order valence-electron chi connectivity index (χ0n) is 15.9. The Hall–Kier alpha value is -2.93. The van der Waals surface area contributed by atoms with Crippen molar-refractivity contribution in [2.24, 2.45) is 4.99 Å². The van der Waals surface area contributed by atoms with Gasteiger partial charge in [0.15, 0.2) is 0 Å². The second-order valence-corrected chi connectivity index (χ2v) is 8.18. The molecule has 0 fully saturated rings. The van der Waals surface area contributed by atoms with Gasteiger partial charge in [-0.25, -0.2) is 8.42 Å². The van der Waals surface area contributed by atoms with Crippen LogP contribution in [0.5, 0.6) is 0 Å². The van der Waals surface area contributed by atoms with Gasteiger partial charge in [0.2, 0.25) is 5.91 Å². The molecule has 1 aliphatic heterocycles. The maximum Gasteiger partial charge on any atom is 0.264 e. The Bertz CT molecular complexity index is 1020. The number of amides is 1. The van der Waals surface area contributed by atoms with Crippen molar-refractivity contribution in [2.45, 2.75) is 26.8 Å². The minimum absolute atomic E-state index is 0.143. The summed E-state index contributed by atoms with van der Waals surface area (Å²) in [5.41, 5.74) is 3.25. The number of aliphatic imine (C=N–C) groups is 1. The van der Waals surface area contributed by atoms with Gasteiger partial charge in [0.05, 0.1) is 0 Å². The molecule has 0 saturated carbocycles. The fourth-order valence-corrected chi connectivity index (χ4v) is 4.56. The monoisotopic (exact) mass is 397 g/mol. The normalized spacial score (nSPS) is 16.9. The third-order valence-corrected chi connectivity index (χ3v) is 5.92. The maximum atomic E-state index is 12.6. The summed E-state index contributed by atoms with van der Waals surface area (Å²) < 4.78 is 27.8. The largest absolute Gasteiger partial charge is 0.350 e. The molecule has 28 heavy (non-hydrogen) atoms. The van der Waals surface area contributed by atoms with Gasteiger partial charge in [-0.1, -0.05) is 67.1 Å². The van der Waals surface area contributed by atoms with Gasteiger partial charge in [-0.15, -0.1) is 0 Å². The molecule has 2 aromatic carbocycles. The van der Waals surface area contributed by atoms with E-state index in [1.54, 1.807) is 12.1 Å². The Morgan fingerprint density at radius 3 is 2.39 bits per heavy atom. The lowest BCUT2D eigenvalue weighted by Crippen LogP contribution is -2.28. The van der Waals surface area contributed by atoms with Gasteiger partial charge in [-0.2, -0.15) is 0 Å². The van der Waals surface area contributed by atoms with Crippen LogP contribution in [0.1, 0.15) is 30.0 Å². The highest BCUT2D eigenvalue weighted by molar-refractivity contribution is 8.00. The van der Waals surface area contributed by atoms with Crippen LogP contribution >= 0.6 is 0 Å². The Labute approximate surface area is 165 Å². The van der Waals surface area contributed by atoms with Crippen molar-refractivity contribution in [1.29, 1.82) is 0 Å². The number of aryl methyl sites for hydroxylation is 1. The molecule has 0 atom stereocenters. The number of nitrogens with zero attached hydrogens (tertiary/aromatic N) is 1. The predicted molar refractivity (Wildman–Crippen MR) is 111 cm³/mol. The highest BCUT2D eigenvalue weighted by Gasteiger charge is 2.33. The summed E-state index contributed by atoms with van der Waals surface area (Å²) in [4.78, 5) is 16.6. The molecule has 0 spiro atoms. The summed E-state index contributed by atoms with van der Waals surface area (Å²) in [6.45, 7) is 4.08. The first-order valence-electron chi connectivity index (χ1n) is 9.09. The molecule has 6 nitrogen and oxygen atoms in total. The molecule has 0 aromatic heterocycles. The molecule has 0 bridgehead atoms. The smallest absolute Gasteiger partial charge is 0.264 e. The van der Waals surface area contributed by atoms with Gasteiger partial charge >= 0.3 is 0 Å². The minimum atomic E-state index is -3.70. The van der Waals surface area contributed by atoms with Crippen molar-refractivity contribution in [2.75, 3.05) is 6.54 Å². The number of benzene rings is 2. The van der Waals surface area contributed by atoms with E-state index in [9.17, 15) is 13.2 Å². The van der Waals surface area contributed by atoms with E-state index >= 15 is 0 Å². The number of hydrogen-bond donors (Lipinski definition) is 2. The Balaban J connectivity index is 1.77. The van der Waals surface area contributed by atoms with Gasteiger partial charge in [0, 0.05) is 12.1 Å². The molecule has 0 radical (unpaired) electrons. The summed E-state index contributed by atoms with van der Waals surface area (Å²) >= 11 is 0.